The van der Waals surface area contributed by atoms with Gasteiger partial charge in [0, 0.05) is 12.6 Å². The Kier molecular flexibility index (Phi) is 4.16. The van der Waals surface area contributed by atoms with Crippen molar-refractivity contribution in [2.45, 2.75) is 89.7 Å². The maximum absolute atomic E-state index is 6.51. The molecule has 2 saturated carbocycles. The van der Waals surface area contributed by atoms with E-state index in [1.54, 1.807) is 0 Å². The van der Waals surface area contributed by atoms with Crippen LogP contribution in [0.25, 0.3) is 0 Å². The van der Waals surface area contributed by atoms with Crippen molar-refractivity contribution < 1.29 is 4.74 Å². The number of hydrogen-bond donors (Lipinski definition) is 1. The lowest BCUT2D eigenvalue weighted by Gasteiger charge is -2.49. The highest BCUT2D eigenvalue weighted by atomic mass is 16.5. The Morgan fingerprint density at radius 3 is 2.45 bits per heavy atom. The average Bonchev–Trinajstić information content (AvgIpc) is 2.42. The third kappa shape index (κ3) is 3.06. The number of rotatable bonds is 1. The first-order chi connectivity index (χ1) is 9.50. The SMILES string of the molecule is CC1(C)CCC(N)C(C2CCOC3(CCCCC3)C2)C1. The molecule has 1 heterocycles. The van der Waals surface area contributed by atoms with Gasteiger partial charge in [-0.3, -0.25) is 0 Å². The molecule has 0 amide bonds. The third-order valence-corrected chi connectivity index (χ3v) is 6.39. The van der Waals surface area contributed by atoms with E-state index < -0.39 is 0 Å². The van der Waals surface area contributed by atoms with Crippen LogP contribution in [0.3, 0.4) is 0 Å². The predicted octanol–water partition coefficient (Wildman–Crippen LogP) is 4.27. The molecule has 1 spiro atoms. The molecule has 20 heavy (non-hydrogen) atoms. The van der Waals surface area contributed by atoms with Gasteiger partial charge in [-0.2, -0.15) is 0 Å². The van der Waals surface area contributed by atoms with Crippen LogP contribution in [0.5, 0.6) is 0 Å². The molecule has 3 fully saturated rings. The fourth-order valence-electron chi connectivity index (χ4n) is 5.15. The minimum atomic E-state index is 0.239. The second-order valence-electron chi connectivity index (χ2n) is 8.58. The lowest BCUT2D eigenvalue weighted by atomic mass is 9.62. The van der Waals surface area contributed by atoms with Gasteiger partial charge in [0.05, 0.1) is 5.60 Å². The Morgan fingerprint density at radius 1 is 0.950 bits per heavy atom. The standard InChI is InChI=1S/C18H33NO/c1-17(2)10-6-16(19)15(13-17)14-7-11-20-18(12-14)8-4-3-5-9-18/h14-16H,3-13,19H2,1-2H3. The quantitative estimate of drug-likeness (QED) is 0.778. The molecule has 1 aliphatic heterocycles. The maximum Gasteiger partial charge on any atom is 0.0685 e. The van der Waals surface area contributed by atoms with Crippen molar-refractivity contribution in [3.8, 4) is 0 Å². The summed E-state index contributed by atoms with van der Waals surface area (Å²) in [5.41, 5.74) is 7.25. The van der Waals surface area contributed by atoms with E-state index in [4.69, 9.17) is 10.5 Å². The van der Waals surface area contributed by atoms with Crippen molar-refractivity contribution in [3.05, 3.63) is 0 Å². The molecule has 0 bridgehead atoms. The Morgan fingerprint density at radius 2 is 1.70 bits per heavy atom. The zero-order chi connectivity index (χ0) is 14.2. The van der Waals surface area contributed by atoms with Gasteiger partial charge in [-0.25, -0.2) is 0 Å². The number of nitrogens with two attached hydrogens (primary N) is 1. The molecule has 3 atom stereocenters. The van der Waals surface area contributed by atoms with Crippen LogP contribution >= 0.6 is 0 Å². The Balaban J connectivity index is 1.69. The molecular weight excluding hydrogens is 246 g/mol. The van der Waals surface area contributed by atoms with E-state index in [2.05, 4.69) is 13.8 Å². The summed E-state index contributed by atoms with van der Waals surface area (Å²) >= 11 is 0. The van der Waals surface area contributed by atoms with Crippen molar-refractivity contribution in [1.29, 1.82) is 0 Å². The molecule has 2 aliphatic carbocycles. The van der Waals surface area contributed by atoms with E-state index in [0.717, 1.165) is 18.4 Å². The summed E-state index contributed by atoms with van der Waals surface area (Å²) in [5.74, 6) is 1.55. The Hall–Kier alpha value is -0.0800. The Labute approximate surface area is 124 Å². The van der Waals surface area contributed by atoms with Gasteiger partial charge in [-0.1, -0.05) is 33.1 Å². The van der Waals surface area contributed by atoms with E-state index in [9.17, 15) is 0 Å². The summed E-state index contributed by atoms with van der Waals surface area (Å²) in [7, 11) is 0. The van der Waals surface area contributed by atoms with Crippen LogP contribution in [0.15, 0.2) is 0 Å². The molecule has 0 radical (unpaired) electrons. The zero-order valence-corrected chi connectivity index (χ0v) is 13.5. The van der Waals surface area contributed by atoms with Gasteiger partial charge in [-0.05, 0) is 62.2 Å². The summed E-state index contributed by atoms with van der Waals surface area (Å²) in [6, 6.07) is 0.437. The minimum Gasteiger partial charge on any atom is -0.375 e. The molecule has 2 heteroatoms. The van der Waals surface area contributed by atoms with Gasteiger partial charge in [0.25, 0.3) is 0 Å². The lowest BCUT2D eigenvalue weighted by molar-refractivity contribution is -0.130. The van der Waals surface area contributed by atoms with Gasteiger partial charge in [0.2, 0.25) is 0 Å². The molecule has 1 saturated heterocycles. The predicted molar refractivity (Wildman–Crippen MR) is 83.6 cm³/mol. The maximum atomic E-state index is 6.51. The van der Waals surface area contributed by atoms with Crippen molar-refractivity contribution >= 4 is 0 Å². The molecule has 2 nitrogen and oxygen atoms in total. The second-order valence-corrected chi connectivity index (χ2v) is 8.58. The van der Waals surface area contributed by atoms with Crippen molar-refractivity contribution in [2.24, 2.45) is 23.0 Å². The summed E-state index contributed by atoms with van der Waals surface area (Å²) < 4.78 is 6.27. The van der Waals surface area contributed by atoms with Crippen molar-refractivity contribution in [1.82, 2.24) is 0 Å². The molecular formula is C18H33NO. The van der Waals surface area contributed by atoms with E-state index in [0.29, 0.717) is 11.5 Å². The van der Waals surface area contributed by atoms with Crippen LogP contribution < -0.4 is 5.73 Å². The van der Waals surface area contributed by atoms with Crippen LogP contribution in [0.4, 0.5) is 0 Å². The largest absolute Gasteiger partial charge is 0.375 e. The molecule has 0 aromatic carbocycles. The summed E-state index contributed by atoms with van der Waals surface area (Å²) in [6.45, 7) is 5.84. The van der Waals surface area contributed by atoms with Crippen molar-refractivity contribution in [3.63, 3.8) is 0 Å². The first-order valence-corrected chi connectivity index (χ1v) is 8.89. The first-order valence-electron chi connectivity index (χ1n) is 8.89. The molecule has 116 valence electrons. The highest BCUT2D eigenvalue weighted by molar-refractivity contribution is 4.96. The summed E-state index contributed by atoms with van der Waals surface area (Å²) in [4.78, 5) is 0. The van der Waals surface area contributed by atoms with E-state index in [1.165, 1.54) is 64.2 Å². The van der Waals surface area contributed by atoms with Crippen LogP contribution in [0, 0.1) is 17.3 Å². The average molecular weight is 279 g/mol. The minimum absolute atomic E-state index is 0.239. The van der Waals surface area contributed by atoms with Crippen LogP contribution in [0.1, 0.15) is 78.1 Å². The van der Waals surface area contributed by atoms with Gasteiger partial charge in [-0.15, -0.1) is 0 Å². The molecule has 3 unspecified atom stereocenters. The van der Waals surface area contributed by atoms with Gasteiger partial charge >= 0.3 is 0 Å². The van der Waals surface area contributed by atoms with E-state index >= 15 is 0 Å². The smallest absolute Gasteiger partial charge is 0.0685 e. The van der Waals surface area contributed by atoms with E-state index in [1.807, 2.05) is 0 Å². The molecule has 2 N–H and O–H groups in total. The van der Waals surface area contributed by atoms with Gasteiger partial charge in [0.1, 0.15) is 0 Å². The van der Waals surface area contributed by atoms with Crippen LogP contribution in [0.2, 0.25) is 0 Å². The molecule has 3 rings (SSSR count). The summed E-state index contributed by atoms with van der Waals surface area (Å²) in [5, 5.41) is 0. The zero-order valence-electron chi connectivity index (χ0n) is 13.5. The molecule has 0 aromatic rings. The molecule has 0 aromatic heterocycles. The van der Waals surface area contributed by atoms with Crippen molar-refractivity contribution in [2.75, 3.05) is 6.61 Å². The second kappa shape index (κ2) is 5.61. The monoisotopic (exact) mass is 279 g/mol. The lowest BCUT2D eigenvalue weighted by Crippen LogP contribution is -2.49. The first kappa shape index (κ1) is 14.8. The number of hydrogen-bond acceptors (Lipinski definition) is 2. The number of ether oxygens (including phenoxy) is 1. The Bertz CT molecular complexity index is 327. The summed E-state index contributed by atoms with van der Waals surface area (Å²) in [6.07, 6.45) is 13.1. The molecule has 3 aliphatic rings. The van der Waals surface area contributed by atoms with Crippen LogP contribution in [-0.2, 0) is 4.74 Å². The van der Waals surface area contributed by atoms with Crippen LogP contribution in [-0.4, -0.2) is 18.2 Å². The third-order valence-electron chi connectivity index (χ3n) is 6.39. The van der Waals surface area contributed by atoms with Gasteiger partial charge < -0.3 is 10.5 Å². The van der Waals surface area contributed by atoms with Gasteiger partial charge in [0.15, 0.2) is 0 Å². The fourth-order valence-corrected chi connectivity index (χ4v) is 5.15. The highest BCUT2D eigenvalue weighted by Gasteiger charge is 2.44. The highest BCUT2D eigenvalue weighted by Crippen LogP contribution is 2.48. The fraction of sp³-hybridized carbons (Fsp3) is 1.00. The van der Waals surface area contributed by atoms with E-state index in [-0.39, 0.29) is 5.60 Å². The normalized spacial score (nSPS) is 40.6. The topological polar surface area (TPSA) is 35.2 Å².